The van der Waals surface area contributed by atoms with Crippen molar-refractivity contribution in [3.8, 4) is 23.7 Å². The number of likely N-dealkylation sites (N-methyl/N-ethyl adjacent to an activating group) is 1. The lowest BCUT2D eigenvalue weighted by Crippen LogP contribution is -2.48. The van der Waals surface area contributed by atoms with Crippen LogP contribution in [0, 0.1) is 35.4 Å². The molecule has 4 aromatic rings. The number of hydrogen-bond acceptors (Lipinski definition) is 3. The van der Waals surface area contributed by atoms with E-state index in [9.17, 15) is 14.0 Å². The third-order valence-corrected chi connectivity index (χ3v) is 7.75. The summed E-state index contributed by atoms with van der Waals surface area (Å²) >= 11 is 0. The predicted molar refractivity (Wildman–Crippen MR) is 176 cm³/mol. The molecule has 0 unspecified atom stereocenters. The fraction of sp³-hybridized carbons (Fsp3) is 0.231. The summed E-state index contributed by atoms with van der Waals surface area (Å²) in [6.07, 6.45) is 0. The van der Waals surface area contributed by atoms with Gasteiger partial charge in [-0.25, -0.2) is 4.39 Å². The van der Waals surface area contributed by atoms with Crippen molar-refractivity contribution in [2.24, 2.45) is 5.92 Å². The van der Waals surface area contributed by atoms with Crippen molar-refractivity contribution < 1.29 is 14.0 Å². The Morgan fingerprint density at radius 1 is 0.600 bits per heavy atom. The second-order valence-corrected chi connectivity index (χ2v) is 11.4. The summed E-state index contributed by atoms with van der Waals surface area (Å²) in [5, 5.41) is 0. The second-order valence-electron chi connectivity index (χ2n) is 11.4. The van der Waals surface area contributed by atoms with Gasteiger partial charge in [-0.2, -0.15) is 0 Å². The number of likely N-dealkylation sites (tertiary alicyclic amines) is 1. The Bertz CT molecular complexity index is 1730. The Hall–Kier alpha value is -5.17. The van der Waals surface area contributed by atoms with Crippen molar-refractivity contribution >= 4 is 11.8 Å². The summed E-state index contributed by atoms with van der Waals surface area (Å²) in [5.74, 6) is 12.4. The van der Waals surface area contributed by atoms with Gasteiger partial charge >= 0.3 is 0 Å². The Morgan fingerprint density at radius 3 is 1.60 bits per heavy atom. The van der Waals surface area contributed by atoms with Gasteiger partial charge in [0, 0.05) is 67.1 Å². The van der Waals surface area contributed by atoms with Gasteiger partial charge in [0.1, 0.15) is 5.82 Å². The Kier molecular flexibility index (Phi) is 10.4. The molecule has 2 aliphatic rings. The molecule has 0 saturated carbocycles. The molecule has 45 heavy (non-hydrogen) atoms. The lowest BCUT2D eigenvalue weighted by atomic mass is 10.0. The first-order valence-electron chi connectivity index (χ1n) is 15.2. The van der Waals surface area contributed by atoms with Crippen LogP contribution in [0.3, 0.4) is 0 Å². The molecule has 6 heteroatoms. The van der Waals surface area contributed by atoms with Crippen molar-refractivity contribution in [1.82, 2.24) is 14.7 Å². The van der Waals surface area contributed by atoms with Gasteiger partial charge in [0.15, 0.2) is 0 Å². The highest BCUT2D eigenvalue weighted by atomic mass is 19.1. The molecule has 2 amide bonds. The molecule has 6 rings (SSSR count). The van der Waals surface area contributed by atoms with E-state index in [1.165, 1.54) is 6.07 Å². The SMILES string of the molecule is CC1CN(C(=O)c2ccc(C#Cc3ccccc3F)cc2)C1.CN1CCN(C(=O)c2ccc(C#Cc3ccccc3)cc2)CC1. The van der Waals surface area contributed by atoms with Crippen LogP contribution < -0.4 is 0 Å². The number of carbonyl (C=O) groups excluding carboxylic acids is 2. The summed E-state index contributed by atoms with van der Waals surface area (Å²) < 4.78 is 13.5. The Morgan fingerprint density at radius 2 is 1.07 bits per heavy atom. The molecule has 2 heterocycles. The molecular weight excluding hydrogens is 561 g/mol. The van der Waals surface area contributed by atoms with E-state index >= 15 is 0 Å². The molecule has 0 spiro atoms. The molecule has 2 fully saturated rings. The van der Waals surface area contributed by atoms with Crippen molar-refractivity contribution in [3.05, 3.63) is 142 Å². The monoisotopic (exact) mass is 597 g/mol. The molecule has 2 saturated heterocycles. The average Bonchev–Trinajstić information content (AvgIpc) is 3.06. The van der Waals surface area contributed by atoms with Crippen molar-refractivity contribution in [2.45, 2.75) is 6.92 Å². The van der Waals surface area contributed by atoms with Gasteiger partial charge in [0.25, 0.3) is 11.8 Å². The average molecular weight is 598 g/mol. The number of piperazine rings is 1. The predicted octanol–water partition coefficient (Wildman–Crippen LogP) is 5.79. The largest absolute Gasteiger partial charge is 0.338 e. The lowest BCUT2D eigenvalue weighted by Gasteiger charge is -2.37. The topological polar surface area (TPSA) is 43.9 Å². The molecule has 4 aromatic carbocycles. The molecule has 0 aliphatic carbocycles. The minimum Gasteiger partial charge on any atom is -0.338 e. The standard InChI is InChI=1S/C20H20N2O.C19H16FNO/c1-21-13-15-22(16-14-21)20(23)19-11-9-18(10-12-19)8-7-17-5-3-2-4-6-17;1-14-12-21(13-14)19(22)17-10-7-15(8-11-17)6-9-16-4-2-3-5-18(16)20/h2-6,9-12H,13-16H2,1H3;2-5,7-8,10-11,14H,12-13H2,1H3. The van der Waals surface area contributed by atoms with Crippen LogP contribution in [0.4, 0.5) is 4.39 Å². The first kappa shape index (κ1) is 31.3. The first-order chi connectivity index (χ1) is 21.9. The molecule has 5 nitrogen and oxygen atoms in total. The zero-order chi connectivity index (χ0) is 31.6. The van der Waals surface area contributed by atoms with Crippen molar-refractivity contribution in [1.29, 1.82) is 0 Å². The highest BCUT2D eigenvalue weighted by Crippen LogP contribution is 2.18. The van der Waals surface area contributed by atoms with E-state index in [1.807, 2.05) is 64.4 Å². The van der Waals surface area contributed by atoms with Gasteiger partial charge in [0.2, 0.25) is 0 Å². The zero-order valence-electron chi connectivity index (χ0n) is 25.7. The van der Waals surface area contributed by atoms with Gasteiger partial charge in [-0.1, -0.05) is 60.9 Å². The smallest absolute Gasteiger partial charge is 0.253 e. The maximum absolute atomic E-state index is 13.5. The second kappa shape index (κ2) is 15.0. The van der Waals surface area contributed by atoms with Crippen LogP contribution in [-0.2, 0) is 0 Å². The number of hydrogen-bond donors (Lipinski definition) is 0. The molecule has 0 radical (unpaired) electrons. The van der Waals surface area contributed by atoms with Crippen molar-refractivity contribution in [3.63, 3.8) is 0 Å². The fourth-order valence-electron chi connectivity index (χ4n) is 5.00. The summed E-state index contributed by atoms with van der Waals surface area (Å²) in [6, 6.07) is 31.0. The van der Waals surface area contributed by atoms with E-state index in [0.29, 0.717) is 17.0 Å². The van der Waals surface area contributed by atoms with Crippen LogP contribution in [0.5, 0.6) is 0 Å². The number of benzene rings is 4. The van der Waals surface area contributed by atoms with Crippen LogP contribution in [0.1, 0.15) is 49.9 Å². The van der Waals surface area contributed by atoms with Crippen LogP contribution in [0.2, 0.25) is 0 Å². The number of halogens is 1. The van der Waals surface area contributed by atoms with Crippen LogP contribution in [0.25, 0.3) is 0 Å². The summed E-state index contributed by atoms with van der Waals surface area (Å²) in [6.45, 7) is 7.25. The number of rotatable bonds is 2. The summed E-state index contributed by atoms with van der Waals surface area (Å²) in [5.41, 5.74) is 4.45. The molecule has 0 atom stereocenters. The zero-order valence-corrected chi connectivity index (χ0v) is 25.7. The van der Waals surface area contributed by atoms with Crippen molar-refractivity contribution in [2.75, 3.05) is 46.3 Å². The first-order valence-corrected chi connectivity index (χ1v) is 15.2. The maximum atomic E-state index is 13.5. The minimum absolute atomic E-state index is 0.0618. The Labute approximate surface area is 265 Å². The molecule has 0 N–H and O–H groups in total. The van der Waals surface area contributed by atoms with E-state index < -0.39 is 0 Å². The quantitative estimate of drug-likeness (QED) is 0.275. The fourth-order valence-corrected chi connectivity index (χ4v) is 5.00. The summed E-state index contributed by atoms with van der Waals surface area (Å²) in [4.78, 5) is 30.6. The summed E-state index contributed by atoms with van der Waals surface area (Å²) in [7, 11) is 2.09. The van der Waals surface area contributed by atoms with Gasteiger partial charge < -0.3 is 14.7 Å². The van der Waals surface area contributed by atoms with Crippen LogP contribution in [-0.4, -0.2) is 72.8 Å². The molecule has 2 aliphatic heterocycles. The number of carbonyl (C=O) groups is 2. The maximum Gasteiger partial charge on any atom is 0.253 e. The normalized spacial score (nSPS) is 14.5. The highest BCUT2D eigenvalue weighted by molar-refractivity contribution is 5.95. The van der Waals surface area contributed by atoms with Gasteiger partial charge in [-0.05, 0) is 85.8 Å². The van der Waals surface area contributed by atoms with Crippen LogP contribution >= 0.6 is 0 Å². The number of nitrogens with zero attached hydrogens (tertiary/aromatic N) is 3. The highest BCUT2D eigenvalue weighted by Gasteiger charge is 2.27. The molecular formula is C39H36FN3O2. The van der Waals surface area contributed by atoms with Gasteiger partial charge in [-0.3, -0.25) is 9.59 Å². The van der Waals surface area contributed by atoms with E-state index in [0.717, 1.165) is 61.5 Å². The van der Waals surface area contributed by atoms with E-state index in [4.69, 9.17) is 0 Å². The van der Waals surface area contributed by atoms with E-state index in [-0.39, 0.29) is 17.6 Å². The van der Waals surface area contributed by atoms with Crippen LogP contribution in [0.15, 0.2) is 103 Å². The minimum atomic E-state index is -0.325. The Balaban J connectivity index is 0.000000178. The number of amides is 2. The van der Waals surface area contributed by atoms with Gasteiger partial charge in [-0.15, -0.1) is 0 Å². The molecule has 0 aromatic heterocycles. The molecule has 0 bridgehead atoms. The lowest BCUT2D eigenvalue weighted by molar-refractivity contribution is 0.0530. The van der Waals surface area contributed by atoms with Gasteiger partial charge in [0.05, 0.1) is 5.56 Å². The third-order valence-electron chi connectivity index (χ3n) is 7.75. The van der Waals surface area contributed by atoms with E-state index in [2.05, 4.69) is 42.6 Å². The third kappa shape index (κ3) is 8.70. The van der Waals surface area contributed by atoms with E-state index in [1.54, 1.807) is 42.5 Å². The molecule has 226 valence electrons.